The van der Waals surface area contributed by atoms with E-state index in [1.165, 1.54) is 11.1 Å². The molecule has 0 amide bonds. The van der Waals surface area contributed by atoms with Crippen molar-refractivity contribution in [2.24, 2.45) is 0 Å². The summed E-state index contributed by atoms with van der Waals surface area (Å²) in [6, 6.07) is 12.7. The van der Waals surface area contributed by atoms with Gasteiger partial charge in [-0.3, -0.25) is 0 Å². The first-order chi connectivity index (χ1) is 11.6. The summed E-state index contributed by atoms with van der Waals surface area (Å²) in [5, 5.41) is 0.972. The van der Waals surface area contributed by atoms with Gasteiger partial charge < -0.3 is 9.47 Å². The van der Waals surface area contributed by atoms with Crippen LogP contribution < -0.4 is 9.47 Å². The Hall–Kier alpha value is -2.55. The zero-order valence-electron chi connectivity index (χ0n) is 14.9. The van der Waals surface area contributed by atoms with Crippen molar-refractivity contribution in [2.75, 3.05) is 14.2 Å². The van der Waals surface area contributed by atoms with Gasteiger partial charge in [0.25, 0.3) is 0 Å². The molecule has 3 rings (SSSR count). The van der Waals surface area contributed by atoms with E-state index >= 15 is 0 Å². The summed E-state index contributed by atoms with van der Waals surface area (Å²) in [5.74, 6) is 1.56. The van der Waals surface area contributed by atoms with E-state index in [4.69, 9.17) is 14.5 Å². The van der Waals surface area contributed by atoms with E-state index in [1.54, 1.807) is 14.2 Å². The number of fused-ring (bicyclic) bond motifs is 1. The number of methoxy groups -OCH3 is 2. The molecule has 3 aromatic rings. The molecule has 0 unspecified atom stereocenters. The van der Waals surface area contributed by atoms with Crippen LogP contribution in [-0.4, -0.2) is 19.2 Å². The monoisotopic (exact) mass is 321 g/mol. The van der Waals surface area contributed by atoms with Crippen molar-refractivity contribution in [1.29, 1.82) is 0 Å². The first kappa shape index (κ1) is 16.3. The smallest absolute Gasteiger partial charge is 0.170 e. The third-order valence-electron chi connectivity index (χ3n) is 4.28. The van der Waals surface area contributed by atoms with Crippen LogP contribution in [0.5, 0.6) is 11.5 Å². The Kier molecular flexibility index (Phi) is 4.43. The number of nitrogens with zero attached hydrogens (tertiary/aromatic N) is 1. The fraction of sp³-hybridized carbons (Fsp3) is 0.286. The van der Waals surface area contributed by atoms with E-state index in [2.05, 4.69) is 51.1 Å². The van der Waals surface area contributed by atoms with E-state index in [0.29, 0.717) is 0 Å². The van der Waals surface area contributed by atoms with Crippen molar-refractivity contribution in [1.82, 2.24) is 4.98 Å². The van der Waals surface area contributed by atoms with Gasteiger partial charge in [0, 0.05) is 10.9 Å². The SMILES string of the molecule is CCc1cc2nc(-c3cc(C)cc(C)c3)ccc2c(OC)c1OC. The van der Waals surface area contributed by atoms with Gasteiger partial charge >= 0.3 is 0 Å². The second kappa shape index (κ2) is 6.52. The standard InChI is InChI=1S/C21H23NO2/c1-6-15-12-19-17(21(24-5)20(15)23-4)7-8-18(22-19)16-10-13(2)9-14(3)11-16/h7-12H,6H2,1-5H3. The van der Waals surface area contributed by atoms with E-state index in [9.17, 15) is 0 Å². The fourth-order valence-corrected chi connectivity index (χ4v) is 3.25. The first-order valence-electron chi connectivity index (χ1n) is 8.20. The molecule has 0 aliphatic rings. The zero-order valence-corrected chi connectivity index (χ0v) is 14.9. The summed E-state index contributed by atoms with van der Waals surface area (Å²) in [4.78, 5) is 4.88. The van der Waals surface area contributed by atoms with Crippen molar-refractivity contribution in [3.8, 4) is 22.8 Å². The molecule has 0 spiro atoms. The molecule has 0 radical (unpaired) electrons. The quantitative estimate of drug-likeness (QED) is 0.670. The van der Waals surface area contributed by atoms with Crippen molar-refractivity contribution in [3.63, 3.8) is 0 Å². The van der Waals surface area contributed by atoms with Gasteiger partial charge in [-0.05, 0) is 56.2 Å². The Bertz CT molecular complexity index is 880. The summed E-state index contributed by atoms with van der Waals surface area (Å²) < 4.78 is 11.2. The van der Waals surface area contributed by atoms with Gasteiger partial charge in [0.15, 0.2) is 11.5 Å². The van der Waals surface area contributed by atoms with Crippen LogP contribution in [0.25, 0.3) is 22.2 Å². The number of benzene rings is 2. The second-order valence-electron chi connectivity index (χ2n) is 6.10. The number of hydrogen-bond acceptors (Lipinski definition) is 3. The van der Waals surface area contributed by atoms with E-state index in [-0.39, 0.29) is 0 Å². The second-order valence-corrected chi connectivity index (χ2v) is 6.10. The van der Waals surface area contributed by atoms with Gasteiger partial charge in [0.05, 0.1) is 25.4 Å². The van der Waals surface area contributed by atoms with Crippen LogP contribution in [0.4, 0.5) is 0 Å². The predicted molar refractivity (Wildman–Crippen MR) is 99.1 cm³/mol. The molecule has 0 saturated carbocycles. The van der Waals surface area contributed by atoms with Gasteiger partial charge in [-0.15, -0.1) is 0 Å². The highest BCUT2D eigenvalue weighted by molar-refractivity contribution is 5.91. The molecule has 3 nitrogen and oxygen atoms in total. The molecule has 2 aromatic carbocycles. The third kappa shape index (κ3) is 2.82. The van der Waals surface area contributed by atoms with Gasteiger partial charge in [-0.2, -0.15) is 0 Å². The Balaban J connectivity index is 2.24. The van der Waals surface area contributed by atoms with Gasteiger partial charge in [-0.25, -0.2) is 4.98 Å². The Morgan fingerprint density at radius 3 is 2.12 bits per heavy atom. The fourth-order valence-electron chi connectivity index (χ4n) is 3.25. The van der Waals surface area contributed by atoms with Gasteiger partial charge in [-0.1, -0.05) is 24.1 Å². The van der Waals surface area contributed by atoms with Crippen LogP contribution in [-0.2, 0) is 6.42 Å². The van der Waals surface area contributed by atoms with Crippen LogP contribution in [0, 0.1) is 13.8 Å². The summed E-state index contributed by atoms with van der Waals surface area (Å²) in [7, 11) is 3.36. The number of aromatic nitrogens is 1. The summed E-state index contributed by atoms with van der Waals surface area (Å²) >= 11 is 0. The molecule has 1 heterocycles. The molecular weight excluding hydrogens is 298 g/mol. The minimum Gasteiger partial charge on any atom is -0.493 e. The van der Waals surface area contributed by atoms with Crippen LogP contribution in [0.3, 0.4) is 0 Å². The summed E-state index contributed by atoms with van der Waals surface area (Å²) in [6.45, 7) is 6.33. The predicted octanol–water partition coefficient (Wildman–Crippen LogP) is 5.10. The lowest BCUT2D eigenvalue weighted by atomic mass is 10.0. The normalized spacial score (nSPS) is 10.9. The maximum Gasteiger partial charge on any atom is 0.170 e. The van der Waals surface area contributed by atoms with Crippen molar-refractivity contribution in [2.45, 2.75) is 27.2 Å². The first-order valence-corrected chi connectivity index (χ1v) is 8.20. The molecule has 124 valence electrons. The number of pyridine rings is 1. The van der Waals surface area contributed by atoms with E-state index in [0.717, 1.165) is 45.6 Å². The number of hydrogen-bond donors (Lipinski definition) is 0. The molecule has 0 aliphatic carbocycles. The molecule has 3 heteroatoms. The molecule has 0 saturated heterocycles. The number of rotatable bonds is 4. The Morgan fingerprint density at radius 1 is 0.875 bits per heavy atom. The van der Waals surface area contributed by atoms with Crippen LogP contribution in [0.2, 0.25) is 0 Å². The lowest BCUT2D eigenvalue weighted by molar-refractivity contribution is 0.355. The van der Waals surface area contributed by atoms with Crippen LogP contribution in [0.1, 0.15) is 23.6 Å². The Morgan fingerprint density at radius 2 is 1.54 bits per heavy atom. The minimum atomic E-state index is 0.756. The summed E-state index contributed by atoms with van der Waals surface area (Å²) in [5.41, 5.74) is 6.64. The largest absolute Gasteiger partial charge is 0.493 e. The highest BCUT2D eigenvalue weighted by Crippen LogP contribution is 2.39. The average Bonchev–Trinajstić information content (AvgIpc) is 2.58. The van der Waals surface area contributed by atoms with Crippen LogP contribution >= 0.6 is 0 Å². The number of aryl methyl sites for hydroxylation is 3. The van der Waals surface area contributed by atoms with Crippen molar-refractivity contribution in [3.05, 3.63) is 53.1 Å². The topological polar surface area (TPSA) is 31.4 Å². The maximum atomic E-state index is 5.61. The van der Waals surface area contributed by atoms with Gasteiger partial charge in [0.2, 0.25) is 0 Å². The van der Waals surface area contributed by atoms with Crippen molar-refractivity contribution >= 4 is 10.9 Å². The average molecular weight is 321 g/mol. The lowest BCUT2D eigenvalue weighted by Crippen LogP contribution is -1.98. The maximum absolute atomic E-state index is 5.61. The van der Waals surface area contributed by atoms with Crippen LogP contribution in [0.15, 0.2) is 36.4 Å². The number of ether oxygens (including phenoxy) is 2. The van der Waals surface area contributed by atoms with Crippen molar-refractivity contribution < 1.29 is 9.47 Å². The molecule has 0 aliphatic heterocycles. The highest BCUT2D eigenvalue weighted by Gasteiger charge is 2.15. The minimum absolute atomic E-state index is 0.756. The molecule has 0 bridgehead atoms. The Labute approximate surface area is 143 Å². The van der Waals surface area contributed by atoms with E-state index in [1.807, 2.05) is 6.07 Å². The zero-order chi connectivity index (χ0) is 17.3. The molecule has 24 heavy (non-hydrogen) atoms. The van der Waals surface area contributed by atoms with E-state index < -0.39 is 0 Å². The van der Waals surface area contributed by atoms with Gasteiger partial charge in [0.1, 0.15) is 0 Å². The summed E-state index contributed by atoms with van der Waals surface area (Å²) in [6.07, 6.45) is 0.866. The molecule has 0 atom stereocenters. The molecule has 1 aromatic heterocycles. The highest BCUT2D eigenvalue weighted by atomic mass is 16.5. The molecule has 0 N–H and O–H groups in total. The molecule has 0 fully saturated rings. The third-order valence-corrected chi connectivity index (χ3v) is 4.28. The molecular formula is C21H23NO2. The lowest BCUT2D eigenvalue weighted by Gasteiger charge is -2.15.